The van der Waals surface area contributed by atoms with Crippen molar-refractivity contribution < 1.29 is 9.53 Å². The van der Waals surface area contributed by atoms with E-state index in [4.69, 9.17) is 4.74 Å². The van der Waals surface area contributed by atoms with Crippen LogP contribution in [0.4, 0.5) is 0 Å². The van der Waals surface area contributed by atoms with Gasteiger partial charge in [0.2, 0.25) is 0 Å². The van der Waals surface area contributed by atoms with Gasteiger partial charge >= 0.3 is 0 Å². The zero-order valence-electron chi connectivity index (χ0n) is 14.0. The third-order valence-electron chi connectivity index (χ3n) is 3.72. The fourth-order valence-corrected chi connectivity index (χ4v) is 2.09. The second kappa shape index (κ2) is 8.18. The molecule has 2 aromatic rings. The van der Waals surface area contributed by atoms with E-state index in [9.17, 15) is 4.79 Å². The minimum atomic E-state index is 0.0262. The first kappa shape index (κ1) is 16.8. The van der Waals surface area contributed by atoms with Gasteiger partial charge in [-0.25, -0.2) is 0 Å². The molecule has 0 unspecified atom stereocenters. The SMILES string of the molecule is C/C(=C\C(=O)c1ccc(C)cc1)N(C)CCOc1ccccc1. The van der Waals surface area contributed by atoms with Crippen molar-refractivity contribution in [2.45, 2.75) is 13.8 Å². The number of carbonyl (C=O) groups excluding carboxylic acids is 1. The number of nitrogens with zero attached hydrogens (tertiary/aromatic N) is 1. The summed E-state index contributed by atoms with van der Waals surface area (Å²) in [5, 5.41) is 0. The van der Waals surface area contributed by atoms with E-state index in [1.165, 1.54) is 0 Å². The first-order valence-electron chi connectivity index (χ1n) is 7.74. The number of para-hydroxylation sites is 1. The van der Waals surface area contributed by atoms with Crippen LogP contribution in [0.25, 0.3) is 0 Å². The third-order valence-corrected chi connectivity index (χ3v) is 3.72. The molecule has 0 spiro atoms. The molecule has 0 saturated heterocycles. The summed E-state index contributed by atoms with van der Waals surface area (Å²) >= 11 is 0. The maximum Gasteiger partial charge on any atom is 0.187 e. The Bertz CT molecular complexity index is 660. The van der Waals surface area contributed by atoms with E-state index in [0.717, 1.165) is 23.6 Å². The van der Waals surface area contributed by atoms with Crippen molar-refractivity contribution in [2.24, 2.45) is 0 Å². The molecule has 0 bridgehead atoms. The normalized spacial score (nSPS) is 11.2. The highest BCUT2D eigenvalue weighted by Gasteiger charge is 2.06. The summed E-state index contributed by atoms with van der Waals surface area (Å²) in [5.41, 5.74) is 2.79. The number of aryl methyl sites for hydroxylation is 1. The van der Waals surface area contributed by atoms with Crippen LogP contribution in [0.2, 0.25) is 0 Å². The number of rotatable bonds is 7. The van der Waals surface area contributed by atoms with Crippen molar-refractivity contribution in [3.05, 3.63) is 77.5 Å². The van der Waals surface area contributed by atoms with Crippen LogP contribution in [0, 0.1) is 6.92 Å². The summed E-state index contributed by atoms with van der Waals surface area (Å²) in [6.07, 6.45) is 1.67. The predicted octanol–water partition coefficient (Wildman–Crippen LogP) is 4.09. The molecule has 120 valence electrons. The highest BCUT2D eigenvalue weighted by molar-refractivity contribution is 6.04. The number of hydrogen-bond donors (Lipinski definition) is 0. The molecule has 0 heterocycles. The highest BCUT2D eigenvalue weighted by atomic mass is 16.5. The fourth-order valence-electron chi connectivity index (χ4n) is 2.09. The lowest BCUT2D eigenvalue weighted by atomic mass is 10.1. The molecule has 23 heavy (non-hydrogen) atoms. The van der Waals surface area contributed by atoms with Crippen LogP contribution in [0.1, 0.15) is 22.8 Å². The van der Waals surface area contributed by atoms with Crippen LogP contribution in [-0.2, 0) is 0 Å². The van der Waals surface area contributed by atoms with Crippen molar-refractivity contribution in [2.75, 3.05) is 20.2 Å². The molecule has 0 N–H and O–H groups in total. The van der Waals surface area contributed by atoms with Crippen LogP contribution in [-0.4, -0.2) is 30.9 Å². The van der Waals surface area contributed by atoms with Gasteiger partial charge in [-0.2, -0.15) is 0 Å². The van der Waals surface area contributed by atoms with Crippen LogP contribution in [0.3, 0.4) is 0 Å². The van der Waals surface area contributed by atoms with Crippen LogP contribution >= 0.6 is 0 Å². The molecular formula is C20H23NO2. The number of carbonyl (C=O) groups is 1. The molecule has 0 radical (unpaired) electrons. The Kier molecular flexibility index (Phi) is 5.98. The second-order valence-electron chi connectivity index (χ2n) is 5.60. The van der Waals surface area contributed by atoms with E-state index >= 15 is 0 Å². The van der Waals surface area contributed by atoms with E-state index in [1.807, 2.05) is 80.4 Å². The number of hydrogen-bond acceptors (Lipinski definition) is 3. The molecule has 0 aliphatic carbocycles. The van der Waals surface area contributed by atoms with Crippen molar-refractivity contribution in [3.63, 3.8) is 0 Å². The first-order chi connectivity index (χ1) is 11.1. The molecule has 0 amide bonds. The van der Waals surface area contributed by atoms with Gasteiger partial charge in [0.25, 0.3) is 0 Å². The fraction of sp³-hybridized carbons (Fsp3) is 0.250. The zero-order chi connectivity index (χ0) is 16.7. The van der Waals surface area contributed by atoms with E-state index in [1.54, 1.807) is 6.08 Å². The highest BCUT2D eigenvalue weighted by Crippen LogP contribution is 2.10. The Balaban J connectivity index is 1.87. The Morgan fingerprint density at radius 2 is 1.74 bits per heavy atom. The summed E-state index contributed by atoms with van der Waals surface area (Å²) in [5.74, 6) is 0.886. The van der Waals surface area contributed by atoms with Crippen molar-refractivity contribution in [1.82, 2.24) is 4.90 Å². The molecule has 0 atom stereocenters. The molecule has 0 fully saturated rings. The van der Waals surface area contributed by atoms with Crippen molar-refractivity contribution in [3.8, 4) is 5.75 Å². The third kappa shape index (κ3) is 5.29. The minimum Gasteiger partial charge on any atom is -0.492 e. The topological polar surface area (TPSA) is 29.5 Å². The monoisotopic (exact) mass is 309 g/mol. The lowest BCUT2D eigenvalue weighted by Gasteiger charge is -2.20. The quantitative estimate of drug-likeness (QED) is 0.570. The van der Waals surface area contributed by atoms with E-state index in [-0.39, 0.29) is 5.78 Å². The van der Waals surface area contributed by atoms with Gasteiger partial charge in [-0.1, -0.05) is 48.0 Å². The van der Waals surface area contributed by atoms with E-state index in [2.05, 4.69) is 0 Å². The second-order valence-corrected chi connectivity index (χ2v) is 5.60. The van der Waals surface area contributed by atoms with Crippen molar-refractivity contribution >= 4 is 5.78 Å². The minimum absolute atomic E-state index is 0.0262. The summed E-state index contributed by atoms with van der Waals surface area (Å²) in [6, 6.07) is 17.4. The van der Waals surface area contributed by atoms with Gasteiger partial charge in [0, 0.05) is 24.4 Å². The number of ether oxygens (including phenoxy) is 1. The molecule has 0 aliphatic rings. The van der Waals surface area contributed by atoms with Crippen molar-refractivity contribution in [1.29, 1.82) is 0 Å². The lowest BCUT2D eigenvalue weighted by Crippen LogP contribution is -2.23. The molecule has 0 aliphatic heterocycles. The van der Waals surface area contributed by atoms with Gasteiger partial charge < -0.3 is 9.64 Å². The smallest absolute Gasteiger partial charge is 0.187 e. The molecule has 0 saturated carbocycles. The van der Waals surface area contributed by atoms with Gasteiger partial charge in [0.05, 0.1) is 6.54 Å². The van der Waals surface area contributed by atoms with Crippen LogP contribution in [0.5, 0.6) is 5.75 Å². The Morgan fingerprint density at radius 3 is 2.39 bits per heavy atom. The largest absolute Gasteiger partial charge is 0.492 e. The average Bonchev–Trinajstić information content (AvgIpc) is 2.56. The lowest BCUT2D eigenvalue weighted by molar-refractivity contribution is 0.104. The first-order valence-corrected chi connectivity index (χ1v) is 7.74. The molecular weight excluding hydrogens is 286 g/mol. The predicted molar refractivity (Wildman–Crippen MR) is 93.8 cm³/mol. The van der Waals surface area contributed by atoms with Gasteiger partial charge in [0.15, 0.2) is 5.78 Å². The molecule has 0 aromatic heterocycles. The van der Waals surface area contributed by atoms with Gasteiger partial charge in [-0.05, 0) is 26.0 Å². The molecule has 3 heteroatoms. The van der Waals surface area contributed by atoms with Gasteiger partial charge in [-0.3, -0.25) is 4.79 Å². The number of benzene rings is 2. The van der Waals surface area contributed by atoms with Crippen LogP contribution in [0.15, 0.2) is 66.4 Å². The maximum atomic E-state index is 12.2. The van der Waals surface area contributed by atoms with Gasteiger partial charge in [-0.15, -0.1) is 0 Å². The van der Waals surface area contributed by atoms with Gasteiger partial charge in [0.1, 0.15) is 12.4 Å². The maximum absolute atomic E-state index is 12.2. The molecule has 2 rings (SSSR count). The summed E-state index contributed by atoms with van der Waals surface area (Å²) in [6.45, 7) is 5.24. The zero-order valence-corrected chi connectivity index (χ0v) is 14.0. The molecule has 2 aromatic carbocycles. The van der Waals surface area contributed by atoms with E-state index < -0.39 is 0 Å². The summed E-state index contributed by atoms with van der Waals surface area (Å²) in [4.78, 5) is 14.3. The number of allylic oxidation sites excluding steroid dienone is 2. The Labute approximate surface area is 138 Å². The Morgan fingerprint density at radius 1 is 1.09 bits per heavy atom. The summed E-state index contributed by atoms with van der Waals surface area (Å²) < 4.78 is 5.68. The van der Waals surface area contributed by atoms with Crippen LogP contribution < -0.4 is 4.74 Å². The number of ketones is 1. The summed E-state index contributed by atoms with van der Waals surface area (Å²) in [7, 11) is 1.96. The van der Waals surface area contributed by atoms with E-state index in [0.29, 0.717) is 12.2 Å². The standard InChI is InChI=1S/C20H23NO2/c1-16-9-11-18(12-10-16)20(22)15-17(2)21(3)13-14-23-19-7-5-4-6-8-19/h4-12,15H,13-14H2,1-3H3/b17-15+. The molecule has 3 nitrogen and oxygen atoms in total. The number of likely N-dealkylation sites (N-methyl/N-ethyl adjacent to an activating group) is 1. The Hall–Kier alpha value is -2.55. The average molecular weight is 309 g/mol.